The predicted octanol–water partition coefficient (Wildman–Crippen LogP) is 5.38. The van der Waals surface area contributed by atoms with Crippen LogP contribution in [0.25, 0.3) is 0 Å². The Morgan fingerprint density at radius 2 is 2.08 bits per heavy atom. The van der Waals surface area contributed by atoms with Crippen LogP contribution >= 0.6 is 0 Å². The van der Waals surface area contributed by atoms with Crippen LogP contribution in [0.15, 0.2) is 60.3 Å². The molecule has 0 unspecified atom stereocenters. The number of esters is 1. The van der Waals surface area contributed by atoms with Crippen LogP contribution in [0.5, 0.6) is 0 Å². The number of epoxide rings is 1. The third-order valence-corrected chi connectivity index (χ3v) is 6.89. The molecule has 3 heterocycles. The molecule has 0 saturated carbocycles. The summed E-state index contributed by atoms with van der Waals surface area (Å²) < 4.78 is 23.0. The maximum absolute atomic E-state index is 12.1. The van der Waals surface area contributed by atoms with Crippen molar-refractivity contribution in [1.82, 2.24) is 0 Å². The van der Waals surface area contributed by atoms with E-state index in [2.05, 4.69) is 38.7 Å². The molecule has 0 aromatic carbocycles. The van der Waals surface area contributed by atoms with Crippen LogP contribution in [0.2, 0.25) is 0 Å². The zero-order valence-corrected chi connectivity index (χ0v) is 22.1. The fourth-order valence-electron chi connectivity index (χ4n) is 5.02. The van der Waals surface area contributed by atoms with Gasteiger partial charge in [0.25, 0.3) is 0 Å². The molecular weight excluding hydrogens is 456 g/mol. The Bertz CT molecular complexity index is 840. The number of aliphatic hydroxyl groups excluding tert-OH is 1. The largest absolute Gasteiger partial charge is 0.459 e. The Morgan fingerprint density at radius 3 is 2.81 bits per heavy atom. The first kappa shape index (κ1) is 28.6. The van der Waals surface area contributed by atoms with E-state index in [1.807, 2.05) is 12.2 Å². The molecule has 6 nitrogen and oxygen atoms in total. The van der Waals surface area contributed by atoms with Crippen LogP contribution < -0.4 is 0 Å². The molecule has 6 heteroatoms. The summed E-state index contributed by atoms with van der Waals surface area (Å²) in [6.07, 6.45) is 17.9. The highest BCUT2D eigenvalue weighted by molar-refractivity contribution is 5.81. The van der Waals surface area contributed by atoms with Crippen molar-refractivity contribution in [3.8, 4) is 0 Å². The first-order chi connectivity index (χ1) is 17.3. The highest BCUT2D eigenvalue weighted by Gasteiger charge is 2.45. The van der Waals surface area contributed by atoms with E-state index < -0.39 is 6.10 Å². The Labute approximate surface area is 216 Å². The van der Waals surface area contributed by atoms with E-state index in [4.69, 9.17) is 18.9 Å². The van der Waals surface area contributed by atoms with Crippen LogP contribution in [-0.2, 0) is 23.7 Å². The number of hydrogen-bond donors (Lipinski definition) is 1. The standard InChI is InChI=1S/C30H44O6/c1-5-9-29(32)35-26(12-8-11-25-17-21(2)13-15-34-25)20-28-30(36-28)27(31)19-23(4)16-22(3)18-24-10-6-7-14-33-24/h5-9,11,13,22,24-28,30-31H,4,10,12,14-20H2,1-3H3/b9-5-,11-8+/t22-,24-,25+,26+,27-,28-,30-/m0/s1. The van der Waals surface area contributed by atoms with Gasteiger partial charge in [0.1, 0.15) is 12.2 Å². The summed E-state index contributed by atoms with van der Waals surface area (Å²) in [5.41, 5.74) is 2.36. The molecule has 36 heavy (non-hydrogen) atoms. The quantitative estimate of drug-likeness (QED) is 0.149. The monoisotopic (exact) mass is 500 g/mol. The topological polar surface area (TPSA) is 77.5 Å². The molecule has 0 aromatic rings. The van der Waals surface area contributed by atoms with Gasteiger partial charge in [0.05, 0.1) is 37.6 Å². The average molecular weight is 501 g/mol. The second-order valence-electron chi connectivity index (χ2n) is 10.5. The van der Waals surface area contributed by atoms with Gasteiger partial charge in [-0.05, 0) is 51.9 Å². The van der Waals surface area contributed by atoms with E-state index in [0.29, 0.717) is 38.4 Å². The summed E-state index contributed by atoms with van der Waals surface area (Å²) >= 11 is 0. The van der Waals surface area contributed by atoms with Crippen molar-refractivity contribution in [1.29, 1.82) is 0 Å². The molecule has 3 aliphatic rings. The number of carbonyl (C=O) groups excluding carboxylic acids is 1. The Kier molecular flexibility index (Phi) is 11.6. The summed E-state index contributed by atoms with van der Waals surface area (Å²) in [4.78, 5) is 12.1. The Balaban J connectivity index is 1.42. The van der Waals surface area contributed by atoms with Crippen LogP contribution in [0.1, 0.15) is 65.7 Å². The van der Waals surface area contributed by atoms with Crippen molar-refractivity contribution in [2.24, 2.45) is 5.92 Å². The third kappa shape index (κ3) is 10.2. The van der Waals surface area contributed by atoms with Gasteiger partial charge in [-0.3, -0.25) is 0 Å². The van der Waals surface area contributed by atoms with E-state index in [1.54, 1.807) is 13.0 Å². The van der Waals surface area contributed by atoms with Gasteiger partial charge >= 0.3 is 5.97 Å². The molecule has 7 atom stereocenters. The smallest absolute Gasteiger partial charge is 0.330 e. The lowest BCUT2D eigenvalue weighted by Gasteiger charge is -2.23. The zero-order chi connectivity index (χ0) is 25.9. The average Bonchev–Trinajstić information content (AvgIpc) is 3.59. The molecule has 1 saturated heterocycles. The second-order valence-corrected chi connectivity index (χ2v) is 10.5. The van der Waals surface area contributed by atoms with Gasteiger partial charge in [0, 0.05) is 18.9 Å². The van der Waals surface area contributed by atoms with Crippen molar-refractivity contribution in [3.63, 3.8) is 0 Å². The van der Waals surface area contributed by atoms with Gasteiger partial charge < -0.3 is 24.1 Å². The number of aliphatic hydroxyl groups is 1. The van der Waals surface area contributed by atoms with Crippen LogP contribution in [-0.4, -0.2) is 60.9 Å². The predicted molar refractivity (Wildman–Crippen MR) is 142 cm³/mol. The van der Waals surface area contributed by atoms with Crippen molar-refractivity contribution >= 4 is 5.97 Å². The summed E-state index contributed by atoms with van der Waals surface area (Å²) in [6, 6.07) is 0. The first-order valence-corrected chi connectivity index (χ1v) is 13.4. The minimum Gasteiger partial charge on any atom is -0.459 e. The lowest BCUT2D eigenvalue weighted by molar-refractivity contribution is -0.143. The summed E-state index contributed by atoms with van der Waals surface area (Å²) in [5.74, 6) is 0.0906. The molecular formula is C30H44O6. The van der Waals surface area contributed by atoms with Gasteiger partial charge in [0.15, 0.2) is 0 Å². The lowest BCUT2D eigenvalue weighted by Crippen LogP contribution is -2.23. The van der Waals surface area contributed by atoms with E-state index in [0.717, 1.165) is 31.3 Å². The van der Waals surface area contributed by atoms with Crippen LogP contribution in [0.4, 0.5) is 0 Å². The van der Waals surface area contributed by atoms with Gasteiger partial charge in [-0.15, -0.1) is 0 Å². The maximum atomic E-state index is 12.1. The first-order valence-electron chi connectivity index (χ1n) is 13.4. The number of rotatable bonds is 14. The number of hydrogen-bond acceptors (Lipinski definition) is 6. The molecule has 0 aliphatic carbocycles. The fraction of sp³-hybridized carbons (Fsp3) is 0.633. The number of carbonyl (C=O) groups is 1. The highest BCUT2D eigenvalue weighted by Crippen LogP contribution is 2.34. The summed E-state index contributed by atoms with van der Waals surface area (Å²) in [5, 5.41) is 10.7. The molecule has 3 rings (SSSR count). The fourth-order valence-corrected chi connectivity index (χ4v) is 5.02. The molecule has 0 aromatic heterocycles. The SMILES string of the molecule is C=C(C[C@H](C)C[C@@H]1CC=CCO1)C[C@H](O)[C@@H]1O[C@H]1C[C@@H](C/C=C/[C@@H]1CC(C)=CCO1)OC(=O)/C=C\C. The third-order valence-electron chi connectivity index (χ3n) is 6.89. The van der Waals surface area contributed by atoms with Crippen molar-refractivity contribution in [2.45, 2.75) is 102 Å². The van der Waals surface area contributed by atoms with E-state index in [-0.39, 0.29) is 36.5 Å². The van der Waals surface area contributed by atoms with Gasteiger partial charge in [-0.2, -0.15) is 0 Å². The van der Waals surface area contributed by atoms with Crippen molar-refractivity contribution in [2.75, 3.05) is 13.2 Å². The van der Waals surface area contributed by atoms with Crippen LogP contribution in [0.3, 0.4) is 0 Å². The highest BCUT2D eigenvalue weighted by atomic mass is 16.6. The lowest BCUT2D eigenvalue weighted by atomic mass is 9.91. The number of ether oxygens (including phenoxy) is 4. The maximum Gasteiger partial charge on any atom is 0.330 e. The minimum atomic E-state index is -0.601. The summed E-state index contributed by atoms with van der Waals surface area (Å²) in [6.45, 7) is 11.6. The molecule has 3 aliphatic heterocycles. The number of allylic oxidation sites excluding steroid dienone is 1. The van der Waals surface area contributed by atoms with E-state index in [1.165, 1.54) is 11.6 Å². The van der Waals surface area contributed by atoms with Gasteiger partial charge in [0.2, 0.25) is 0 Å². The Hall–Kier alpha value is -1.99. The molecule has 1 fully saturated rings. The molecule has 0 bridgehead atoms. The molecule has 0 amide bonds. The normalized spacial score (nSPS) is 28.6. The zero-order valence-electron chi connectivity index (χ0n) is 22.1. The molecule has 0 spiro atoms. The van der Waals surface area contributed by atoms with E-state index >= 15 is 0 Å². The summed E-state index contributed by atoms with van der Waals surface area (Å²) in [7, 11) is 0. The van der Waals surface area contributed by atoms with Crippen molar-refractivity contribution < 1.29 is 28.8 Å². The van der Waals surface area contributed by atoms with Gasteiger partial charge in [-0.1, -0.05) is 61.1 Å². The molecule has 1 N–H and O–H groups in total. The molecule has 0 radical (unpaired) electrons. The molecule has 200 valence electrons. The second kappa shape index (κ2) is 14.7. The van der Waals surface area contributed by atoms with Gasteiger partial charge in [-0.25, -0.2) is 4.79 Å². The minimum absolute atomic E-state index is 0.0585. The van der Waals surface area contributed by atoms with Crippen molar-refractivity contribution in [3.05, 3.63) is 60.3 Å². The van der Waals surface area contributed by atoms with Crippen LogP contribution in [0, 0.1) is 5.92 Å². The Morgan fingerprint density at radius 1 is 1.25 bits per heavy atom. The van der Waals surface area contributed by atoms with E-state index in [9.17, 15) is 9.90 Å².